The zero-order valence-electron chi connectivity index (χ0n) is 15.2. The normalized spacial score (nSPS) is 11.8. The lowest BCUT2D eigenvalue weighted by Gasteiger charge is -2.20. The Morgan fingerprint density at radius 3 is 2.32 bits per heavy atom. The number of amides is 1. The van der Waals surface area contributed by atoms with Crippen molar-refractivity contribution in [2.75, 3.05) is 25.5 Å². The number of benzene rings is 2. The van der Waals surface area contributed by atoms with Gasteiger partial charge in [-0.3, -0.25) is 4.79 Å². The zero-order valence-corrected chi connectivity index (χ0v) is 16.8. The Kier molecular flexibility index (Phi) is 7.51. The molecule has 0 radical (unpaired) electrons. The van der Waals surface area contributed by atoms with Gasteiger partial charge in [0.1, 0.15) is 5.75 Å². The fourth-order valence-corrected chi connectivity index (χ4v) is 3.50. The molecule has 0 heterocycles. The fourth-order valence-electron chi connectivity index (χ4n) is 3.04. The first-order valence-electron chi connectivity index (χ1n) is 8.73. The van der Waals surface area contributed by atoms with E-state index >= 15 is 0 Å². The second-order valence-electron chi connectivity index (χ2n) is 5.91. The SMILES string of the molecule is CCN(CC)C(=O)c1ccc(C(CCBr)c2cccc(OC)c2)cc1. The van der Waals surface area contributed by atoms with Crippen LogP contribution in [0.25, 0.3) is 0 Å². The summed E-state index contributed by atoms with van der Waals surface area (Å²) >= 11 is 3.56. The quantitative estimate of drug-likeness (QED) is 0.574. The molecule has 2 rings (SSSR count). The molecule has 0 saturated carbocycles. The number of hydrogen-bond donors (Lipinski definition) is 0. The van der Waals surface area contributed by atoms with Crippen molar-refractivity contribution < 1.29 is 9.53 Å². The Morgan fingerprint density at radius 2 is 1.76 bits per heavy atom. The van der Waals surface area contributed by atoms with Gasteiger partial charge in [-0.2, -0.15) is 0 Å². The smallest absolute Gasteiger partial charge is 0.253 e. The van der Waals surface area contributed by atoms with E-state index in [1.165, 1.54) is 11.1 Å². The van der Waals surface area contributed by atoms with Crippen LogP contribution in [0.5, 0.6) is 5.75 Å². The predicted octanol–water partition coefficient (Wildman–Crippen LogP) is 5.09. The van der Waals surface area contributed by atoms with E-state index < -0.39 is 0 Å². The Morgan fingerprint density at radius 1 is 1.08 bits per heavy atom. The van der Waals surface area contributed by atoms with E-state index in [1.807, 2.05) is 43.0 Å². The third kappa shape index (κ3) is 4.85. The number of methoxy groups -OCH3 is 1. The molecule has 0 aliphatic carbocycles. The summed E-state index contributed by atoms with van der Waals surface area (Å²) in [4.78, 5) is 14.3. The van der Waals surface area contributed by atoms with Crippen LogP contribution in [-0.4, -0.2) is 36.3 Å². The lowest BCUT2D eigenvalue weighted by atomic mass is 9.88. The summed E-state index contributed by atoms with van der Waals surface area (Å²) < 4.78 is 5.36. The summed E-state index contributed by atoms with van der Waals surface area (Å²) in [6, 6.07) is 16.2. The number of halogens is 1. The van der Waals surface area contributed by atoms with Crippen molar-refractivity contribution in [1.29, 1.82) is 0 Å². The van der Waals surface area contributed by atoms with Crippen molar-refractivity contribution >= 4 is 21.8 Å². The maximum absolute atomic E-state index is 12.5. The molecule has 0 bridgehead atoms. The Balaban J connectivity index is 2.28. The molecule has 1 amide bonds. The molecule has 0 aromatic heterocycles. The Labute approximate surface area is 159 Å². The summed E-state index contributed by atoms with van der Waals surface area (Å²) in [5.74, 6) is 1.23. The summed E-state index contributed by atoms with van der Waals surface area (Å²) in [6.07, 6.45) is 0.983. The van der Waals surface area contributed by atoms with Gasteiger partial charge in [0.05, 0.1) is 7.11 Å². The minimum atomic E-state index is 0.0926. The minimum Gasteiger partial charge on any atom is -0.497 e. The van der Waals surface area contributed by atoms with Crippen LogP contribution in [0.3, 0.4) is 0 Å². The first-order chi connectivity index (χ1) is 12.1. The van der Waals surface area contributed by atoms with Crippen molar-refractivity contribution in [3.63, 3.8) is 0 Å². The molecule has 1 atom stereocenters. The van der Waals surface area contributed by atoms with Crippen LogP contribution in [0.1, 0.15) is 47.7 Å². The monoisotopic (exact) mass is 403 g/mol. The van der Waals surface area contributed by atoms with Crippen molar-refractivity contribution in [2.24, 2.45) is 0 Å². The summed E-state index contributed by atoms with van der Waals surface area (Å²) in [6.45, 7) is 5.47. The average Bonchev–Trinajstić information content (AvgIpc) is 2.67. The molecule has 0 N–H and O–H groups in total. The molecule has 134 valence electrons. The summed E-state index contributed by atoms with van der Waals surface area (Å²) in [5.41, 5.74) is 3.18. The molecule has 25 heavy (non-hydrogen) atoms. The third-order valence-corrected chi connectivity index (χ3v) is 4.96. The summed E-state index contributed by atoms with van der Waals surface area (Å²) in [5, 5.41) is 0.912. The number of carbonyl (C=O) groups is 1. The van der Waals surface area contributed by atoms with E-state index in [2.05, 4.69) is 40.2 Å². The van der Waals surface area contributed by atoms with Crippen molar-refractivity contribution in [3.05, 3.63) is 65.2 Å². The van der Waals surface area contributed by atoms with Gasteiger partial charge in [0.15, 0.2) is 0 Å². The highest BCUT2D eigenvalue weighted by atomic mass is 79.9. The lowest BCUT2D eigenvalue weighted by molar-refractivity contribution is 0.0773. The topological polar surface area (TPSA) is 29.5 Å². The number of carbonyl (C=O) groups excluding carboxylic acids is 1. The molecule has 2 aromatic rings. The molecule has 0 fully saturated rings. The van der Waals surface area contributed by atoms with Gasteiger partial charge in [-0.1, -0.05) is 40.2 Å². The highest BCUT2D eigenvalue weighted by Crippen LogP contribution is 2.31. The van der Waals surface area contributed by atoms with Crippen LogP contribution in [0.15, 0.2) is 48.5 Å². The molecule has 1 unspecified atom stereocenters. The second kappa shape index (κ2) is 9.62. The fraction of sp³-hybridized carbons (Fsp3) is 0.381. The van der Waals surface area contributed by atoms with E-state index in [-0.39, 0.29) is 11.8 Å². The lowest BCUT2D eigenvalue weighted by Crippen LogP contribution is -2.30. The summed E-state index contributed by atoms with van der Waals surface area (Å²) in [7, 11) is 1.69. The van der Waals surface area contributed by atoms with Gasteiger partial charge >= 0.3 is 0 Å². The molecule has 0 aliphatic heterocycles. The van der Waals surface area contributed by atoms with Crippen molar-refractivity contribution in [3.8, 4) is 5.75 Å². The number of rotatable bonds is 8. The maximum atomic E-state index is 12.5. The maximum Gasteiger partial charge on any atom is 0.253 e. The van der Waals surface area contributed by atoms with E-state index in [9.17, 15) is 4.79 Å². The van der Waals surface area contributed by atoms with Crippen molar-refractivity contribution in [1.82, 2.24) is 4.90 Å². The molecule has 0 spiro atoms. The van der Waals surface area contributed by atoms with Gasteiger partial charge in [-0.05, 0) is 55.7 Å². The van der Waals surface area contributed by atoms with Gasteiger partial charge in [-0.25, -0.2) is 0 Å². The van der Waals surface area contributed by atoms with Gasteiger partial charge in [0, 0.05) is 29.9 Å². The molecule has 3 nitrogen and oxygen atoms in total. The standard InChI is InChI=1S/C21H26BrNO2/c1-4-23(5-2)21(24)17-11-9-16(10-12-17)20(13-14-22)18-7-6-8-19(15-18)25-3/h6-12,15,20H,4-5,13-14H2,1-3H3. The molecule has 2 aromatic carbocycles. The van der Waals surface area contributed by atoms with Crippen LogP contribution < -0.4 is 4.74 Å². The highest BCUT2D eigenvalue weighted by molar-refractivity contribution is 9.09. The second-order valence-corrected chi connectivity index (χ2v) is 6.70. The van der Waals surface area contributed by atoms with Gasteiger partial charge in [0.25, 0.3) is 5.91 Å². The predicted molar refractivity (Wildman–Crippen MR) is 107 cm³/mol. The van der Waals surface area contributed by atoms with Crippen LogP contribution in [0.2, 0.25) is 0 Å². The van der Waals surface area contributed by atoms with E-state index in [0.29, 0.717) is 0 Å². The average molecular weight is 404 g/mol. The number of hydrogen-bond acceptors (Lipinski definition) is 2. The van der Waals surface area contributed by atoms with Crippen LogP contribution in [0, 0.1) is 0 Å². The van der Waals surface area contributed by atoms with E-state index in [4.69, 9.17) is 4.74 Å². The Hall–Kier alpha value is -1.81. The molecular formula is C21H26BrNO2. The zero-order chi connectivity index (χ0) is 18.2. The number of ether oxygens (including phenoxy) is 1. The van der Waals surface area contributed by atoms with Gasteiger partial charge in [0.2, 0.25) is 0 Å². The third-order valence-electron chi connectivity index (χ3n) is 4.50. The molecular weight excluding hydrogens is 378 g/mol. The number of nitrogens with zero attached hydrogens (tertiary/aromatic N) is 1. The largest absolute Gasteiger partial charge is 0.497 e. The first kappa shape index (κ1) is 19.5. The van der Waals surface area contributed by atoms with Crippen LogP contribution in [-0.2, 0) is 0 Å². The van der Waals surface area contributed by atoms with Crippen LogP contribution in [0.4, 0.5) is 0 Å². The van der Waals surface area contributed by atoms with E-state index in [0.717, 1.165) is 36.2 Å². The molecule has 0 saturated heterocycles. The Bertz CT molecular complexity index is 681. The number of alkyl halides is 1. The molecule has 0 aliphatic rings. The van der Waals surface area contributed by atoms with Crippen molar-refractivity contribution in [2.45, 2.75) is 26.2 Å². The van der Waals surface area contributed by atoms with E-state index in [1.54, 1.807) is 7.11 Å². The highest BCUT2D eigenvalue weighted by Gasteiger charge is 2.17. The van der Waals surface area contributed by atoms with Gasteiger partial charge < -0.3 is 9.64 Å². The molecule has 4 heteroatoms. The van der Waals surface area contributed by atoms with Crippen LogP contribution >= 0.6 is 15.9 Å². The first-order valence-corrected chi connectivity index (χ1v) is 9.85. The van der Waals surface area contributed by atoms with Gasteiger partial charge in [-0.15, -0.1) is 0 Å². The minimum absolute atomic E-state index is 0.0926.